The third-order valence-corrected chi connectivity index (χ3v) is 3.10. The molecule has 0 spiro atoms. The number of amides is 1. The Morgan fingerprint density at radius 1 is 1.13 bits per heavy atom. The first-order valence-corrected chi connectivity index (χ1v) is 6.81. The summed E-state index contributed by atoms with van der Waals surface area (Å²) in [5, 5.41) is 2.60. The molecule has 23 heavy (non-hydrogen) atoms. The smallest absolute Gasteiger partial charge is 0.363 e. The van der Waals surface area contributed by atoms with Crippen LogP contribution < -0.4 is 10.2 Å². The van der Waals surface area contributed by atoms with Crippen LogP contribution >= 0.6 is 0 Å². The van der Waals surface area contributed by atoms with E-state index in [1.165, 1.54) is 11.8 Å². The van der Waals surface area contributed by atoms with E-state index >= 15 is 0 Å². The Hall–Kier alpha value is -2.57. The SMILES string of the molecule is CC(=O)Nc1ccc(-c2cc(C(F)(F)F)cc(N(C)C)n2)cc1. The molecule has 0 fully saturated rings. The summed E-state index contributed by atoms with van der Waals surface area (Å²) in [6.45, 7) is 1.38. The number of rotatable bonds is 3. The molecule has 0 aliphatic heterocycles. The van der Waals surface area contributed by atoms with Crippen molar-refractivity contribution in [2.45, 2.75) is 13.1 Å². The number of nitrogens with one attached hydrogen (secondary N) is 1. The lowest BCUT2D eigenvalue weighted by Gasteiger charge is -2.16. The quantitative estimate of drug-likeness (QED) is 0.935. The monoisotopic (exact) mass is 323 g/mol. The molecule has 1 N–H and O–H groups in total. The Bertz CT molecular complexity index is 710. The zero-order valence-corrected chi connectivity index (χ0v) is 12.9. The zero-order valence-electron chi connectivity index (χ0n) is 12.9. The summed E-state index contributed by atoms with van der Waals surface area (Å²) in [5.74, 6) is 0.00519. The van der Waals surface area contributed by atoms with E-state index in [0.29, 0.717) is 11.3 Å². The van der Waals surface area contributed by atoms with E-state index in [2.05, 4.69) is 10.3 Å². The molecule has 0 saturated carbocycles. The van der Waals surface area contributed by atoms with Gasteiger partial charge in [-0.05, 0) is 24.3 Å². The van der Waals surface area contributed by atoms with Crippen LogP contribution in [-0.2, 0) is 11.0 Å². The van der Waals surface area contributed by atoms with E-state index in [9.17, 15) is 18.0 Å². The van der Waals surface area contributed by atoms with Crippen molar-refractivity contribution in [3.63, 3.8) is 0 Å². The highest BCUT2D eigenvalue weighted by molar-refractivity contribution is 5.88. The Labute approximate surface area is 132 Å². The average Bonchev–Trinajstić information content (AvgIpc) is 2.46. The van der Waals surface area contributed by atoms with Crippen molar-refractivity contribution < 1.29 is 18.0 Å². The molecule has 0 atom stereocenters. The van der Waals surface area contributed by atoms with Gasteiger partial charge in [0.2, 0.25) is 5.91 Å². The molecule has 0 aliphatic rings. The number of halogens is 3. The maximum Gasteiger partial charge on any atom is 0.416 e. The second-order valence-electron chi connectivity index (χ2n) is 5.25. The number of aromatic nitrogens is 1. The molecule has 0 bridgehead atoms. The van der Waals surface area contributed by atoms with Crippen molar-refractivity contribution >= 4 is 17.4 Å². The van der Waals surface area contributed by atoms with Crippen LogP contribution in [0.15, 0.2) is 36.4 Å². The number of nitrogens with zero attached hydrogens (tertiary/aromatic N) is 2. The van der Waals surface area contributed by atoms with Gasteiger partial charge in [-0.3, -0.25) is 4.79 Å². The first-order valence-electron chi connectivity index (χ1n) is 6.81. The van der Waals surface area contributed by atoms with Crippen molar-refractivity contribution in [2.24, 2.45) is 0 Å². The topological polar surface area (TPSA) is 45.2 Å². The molecule has 1 aromatic carbocycles. The van der Waals surface area contributed by atoms with Gasteiger partial charge in [-0.2, -0.15) is 13.2 Å². The summed E-state index contributed by atoms with van der Waals surface area (Å²) in [4.78, 5) is 16.8. The summed E-state index contributed by atoms with van der Waals surface area (Å²) >= 11 is 0. The van der Waals surface area contributed by atoms with Gasteiger partial charge >= 0.3 is 6.18 Å². The Balaban J connectivity index is 2.45. The van der Waals surface area contributed by atoms with Gasteiger partial charge in [-0.1, -0.05) is 12.1 Å². The maximum atomic E-state index is 13.0. The number of carbonyl (C=O) groups excluding carboxylic acids is 1. The van der Waals surface area contributed by atoms with Crippen molar-refractivity contribution in [2.75, 3.05) is 24.3 Å². The highest BCUT2D eigenvalue weighted by Gasteiger charge is 2.32. The molecule has 0 radical (unpaired) electrons. The summed E-state index contributed by atoms with van der Waals surface area (Å²) in [7, 11) is 3.26. The lowest BCUT2D eigenvalue weighted by atomic mass is 10.1. The molecule has 2 aromatic rings. The highest BCUT2D eigenvalue weighted by atomic mass is 19.4. The molecule has 122 valence electrons. The van der Waals surface area contributed by atoms with Crippen LogP contribution in [0.5, 0.6) is 0 Å². The number of benzene rings is 1. The van der Waals surface area contributed by atoms with Crippen molar-refractivity contribution in [1.82, 2.24) is 4.98 Å². The second kappa shape index (κ2) is 6.28. The van der Waals surface area contributed by atoms with Gasteiger partial charge in [0.25, 0.3) is 0 Å². The third kappa shape index (κ3) is 4.21. The summed E-state index contributed by atoms with van der Waals surface area (Å²) in [6, 6.07) is 8.50. The van der Waals surface area contributed by atoms with Crippen LogP contribution in [0.4, 0.5) is 24.7 Å². The molecule has 4 nitrogen and oxygen atoms in total. The minimum atomic E-state index is -4.45. The molecule has 0 aliphatic carbocycles. The minimum Gasteiger partial charge on any atom is -0.363 e. The predicted octanol–water partition coefficient (Wildman–Crippen LogP) is 3.79. The van der Waals surface area contributed by atoms with Crippen LogP contribution in [-0.4, -0.2) is 25.0 Å². The number of hydrogen-bond donors (Lipinski definition) is 1. The first kappa shape index (κ1) is 16.8. The van der Waals surface area contributed by atoms with Crippen LogP contribution in [0.2, 0.25) is 0 Å². The summed E-state index contributed by atoms with van der Waals surface area (Å²) < 4.78 is 39.1. The van der Waals surface area contributed by atoms with Crippen LogP contribution in [0, 0.1) is 0 Å². The largest absolute Gasteiger partial charge is 0.416 e. The van der Waals surface area contributed by atoms with E-state index in [1.54, 1.807) is 38.4 Å². The zero-order chi connectivity index (χ0) is 17.2. The number of pyridine rings is 1. The predicted molar refractivity (Wildman–Crippen MR) is 83.3 cm³/mol. The molecule has 7 heteroatoms. The van der Waals surface area contributed by atoms with E-state index in [1.807, 2.05) is 0 Å². The van der Waals surface area contributed by atoms with E-state index in [4.69, 9.17) is 0 Å². The standard InChI is InChI=1S/C16H16F3N3O/c1-10(23)20-13-6-4-11(5-7-13)14-8-12(16(17,18)19)9-15(21-14)22(2)3/h4-9H,1-3H3,(H,20,23). The van der Waals surface area contributed by atoms with Crippen LogP contribution in [0.1, 0.15) is 12.5 Å². The number of alkyl halides is 3. The maximum absolute atomic E-state index is 13.0. The van der Waals surface area contributed by atoms with Gasteiger partial charge in [0, 0.05) is 32.3 Å². The Morgan fingerprint density at radius 3 is 2.22 bits per heavy atom. The lowest BCUT2D eigenvalue weighted by molar-refractivity contribution is -0.137. The molecule has 0 unspecified atom stereocenters. The molecule has 0 saturated heterocycles. The van der Waals surface area contributed by atoms with Crippen molar-refractivity contribution in [1.29, 1.82) is 0 Å². The normalized spacial score (nSPS) is 11.2. The lowest BCUT2D eigenvalue weighted by Crippen LogP contribution is -2.14. The van der Waals surface area contributed by atoms with Crippen molar-refractivity contribution in [3.8, 4) is 11.3 Å². The minimum absolute atomic E-state index is 0.218. The average molecular weight is 323 g/mol. The third-order valence-electron chi connectivity index (χ3n) is 3.10. The van der Waals surface area contributed by atoms with Gasteiger partial charge in [-0.25, -0.2) is 4.98 Å². The first-order chi connectivity index (χ1) is 10.7. The fourth-order valence-electron chi connectivity index (χ4n) is 1.98. The van der Waals surface area contributed by atoms with E-state index in [-0.39, 0.29) is 17.4 Å². The van der Waals surface area contributed by atoms with Gasteiger partial charge in [-0.15, -0.1) is 0 Å². The summed E-state index contributed by atoms with van der Waals surface area (Å²) in [6.07, 6.45) is -4.45. The molecular weight excluding hydrogens is 307 g/mol. The van der Waals surface area contributed by atoms with Gasteiger partial charge < -0.3 is 10.2 Å². The summed E-state index contributed by atoms with van der Waals surface area (Å²) in [5.41, 5.74) is 0.574. The number of hydrogen-bond acceptors (Lipinski definition) is 3. The highest BCUT2D eigenvalue weighted by Crippen LogP contribution is 2.34. The van der Waals surface area contributed by atoms with Crippen LogP contribution in [0.3, 0.4) is 0 Å². The van der Waals surface area contributed by atoms with Gasteiger partial charge in [0.05, 0.1) is 11.3 Å². The second-order valence-corrected chi connectivity index (χ2v) is 5.25. The molecule has 2 rings (SSSR count). The van der Waals surface area contributed by atoms with Crippen LogP contribution in [0.25, 0.3) is 11.3 Å². The number of anilines is 2. The van der Waals surface area contributed by atoms with Crippen molar-refractivity contribution in [3.05, 3.63) is 42.0 Å². The fourth-order valence-corrected chi connectivity index (χ4v) is 1.98. The van der Waals surface area contributed by atoms with Gasteiger partial charge in [0.15, 0.2) is 0 Å². The van der Waals surface area contributed by atoms with E-state index in [0.717, 1.165) is 12.1 Å². The van der Waals surface area contributed by atoms with Gasteiger partial charge in [0.1, 0.15) is 5.82 Å². The Kier molecular flexibility index (Phi) is 4.58. The number of carbonyl (C=O) groups is 1. The van der Waals surface area contributed by atoms with E-state index < -0.39 is 11.7 Å². The Morgan fingerprint density at radius 2 is 1.74 bits per heavy atom. The molecular formula is C16H16F3N3O. The molecule has 1 aromatic heterocycles. The molecule has 1 amide bonds. The molecule has 1 heterocycles. The fraction of sp³-hybridized carbons (Fsp3) is 0.250.